The van der Waals surface area contributed by atoms with Crippen molar-refractivity contribution in [2.45, 2.75) is 83.4 Å². The molecule has 0 aromatic rings. The summed E-state index contributed by atoms with van der Waals surface area (Å²) in [5, 5.41) is 3.29. The van der Waals surface area contributed by atoms with E-state index in [1.54, 1.807) is 0 Å². The van der Waals surface area contributed by atoms with Crippen molar-refractivity contribution in [3.05, 3.63) is 0 Å². The van der Waals surface area contributed by atoms with Crippen LogP contribution in [0, 0.1) is 17.3 Å². The second-order valence-corrected chi connectivity index (χ2v) is 8.41. The van der Waals surface area contributed by atoms with Crippen LogP contribution < -0.4 is 11.1 Å². The number of amides is 1. The van der Waals surface area contributed by atoms with E-state index in [-0.39, 0.29) is 35.8 Å². The van der Waals surface area contributed by atoms with E-state index in [1.807, 2.05) is 0 Å². The fourth-order valence-corrected chi connectivity index (χ4v) is 4.97. The van der Waals surface area contributed by atoms with Crippen molar-refractivity contribution in [3.8, 4) is 0 Å². The summed E-state index contributed by atoms with van der Waals surface area (Å²) in [6, 6.07) is 0.303. The van der Waals surface area contributed by atoms with Crippen molar-refractivity contribution in [2.24, 2.45) is 23.0 Å². The van der Waals surface area contributed by atoms with Crippen LogP contribution in [0.4, 0.5) is 0 Å². The van der Waals surface area contributed by atoms with E-state index < -0.39 is 5.54 Å². The highest BCUT2D eigenvalue weighted by Crippen LogP contribution is 2.57. The molecule has 0 radical (unpaired) electrons. The van der Waals surface area contributed by atoms with Gasteiger partial charge in [0.05, 0.1) is 6.10 Å². The number of nitrogens with two attached hydrogens (primary N) is 1. The Bertz CT molecular complexity index is 443. The van der Waals surface area contributed by atoms with E-state index in [0.717, 1.165) is 38.2 Å². The molecule has 5 atom stereocenters. The maximum absolute atomic E-state index is 13.0. The van der Waals surface area contributed by atoms with Crippen molar-refractivity contribution < 1.29 is 9.53 Å². The number of carbonyl (C=O) groups is 1. The highest BCUT2D eigenvalue weighted by atomic mass is 35.5. The quantitative estimate of drug-likeness (QED) is 0.757. The molecule has 0 aromatic carbocycles. The molecular formula is C18H33ClN2O2. The molecule has 4 nitrogen and oxygen atoms in total. The van der Waals surface area contributed by atoms with Crippen LogP contribution in [0.25, 0.3) is 0 Å². The van der Waals surface area contributed by atoms with E-state index >= 15 is 0 Å². The highest BCUT2D eigenvalue weighted by molar-refractivity contribution is 5.89. The molecule has 1 heterocycles. The van der Waals surface area contributed by atoms with E-state index in [2.05, 4.69) is 26.1 Å². The van der Waals surface area contributed by atoms with Gasteiger partial charge in [0.15, 0.2) is 0 Å². The lowest BCUT2D eigenvalue weighted by Crippen LogP contribution is -2.82. The predicted octanol–water partition coefficient (Wildman–Crippen LogP) is 3.03. The second kappa shape index (κ2) is 6.89. The third-order valence-electron chi connectivity index (χ3n) is 6.65. The number of carbonyl (C=O) groups excluding carboxylic acids is 1. The van der Waals surface area contributed by atoms with Gasteiger partial charge >= 0.3 is 0 Å². The Hall–Kier alpha value is -0.320. The Balaban J connectivity index is 0.00000192. The van der Waals surface area contributed by atoms with Crippen molar-refractivity contribution in [1.29, 1.82) is 0 Å². The predicted molar refractivity (Wildman–Crippen MR) is 94.6 cm³/mol. The summed E-state index contributed by atoms with van der Waals surface area (Å²) in [4.78, 5) is 13.0. The van der Waals surface area contributed by atoms with Gasteiger partial charge in [0.1, 0.15) is 5.54 Å². The van der Waals surface area contributed by atoms with Gasteiger partial charge in [-0.05, 0) is 38.0 Å². The monoisotopic (exact) mass is 344 g/mol. The first-order chi connectivity index (χ1) is 10.4. The fourth-order valence-electron chi connectivity index (χ4n) is 4.97. The molecule has 2 saturated carbocycles. The zero-order chi connectivity index (χ0) is 16.0. The minimum atomic E-state index is -0.768. The molecule has 5 unspecified atom stereocenters. The minimum absolute atomic E-state index is 0. The van der Waals surface area contributed by atoms with Gasteiger partial charge in [-0.2, -0.15) is 0 Å². The molecule has 3 aliphatic rings. The van der Waals surface area contributed by atoms with Crippen LogP contribution in [-0.2, 0) is 9.53 Å². The molecule has 0 aromatic heterocycles. The van der Waals surface area contributed by atoms with E-state index in [9.17, 15) is 4.79 Å². The van der Waals surface area contributed by atoms with Gasteiger partial charge in [-0.3, -0.25) is 4.79 Å². The Morgan fingerprint density at radius 2 is 1.87 bits per heavy atom. The van der Waals surface area contributed by atoms with Crippen molar-refractivity contribution >= 4 is 18.3 Å². The molecule has 3 rings (SSSR count). The van der Waals surface area contributed by atoms with Gasteiger partial charge in [0.2, 0.25) is 5.91 Å². The van der Waals surface area contributed by atoms with E-state index in [1.165, 1.54) is 19.3 Å². The number of fused-ring (bicyclic) bond motifs is 1. The molecule has 23 heavy (non-hydrogen) atoms. The number of halogens is 1. The molecule has 1 saturated heterocycles. The lowest BCUT2D eigenvalue weighted by molar-refractivity contribution is -0.225. The Morgan fingerprint density at radius 1 is 1.13 bits per heavy atom. The lowest BCUT2D eigenvalue weighted by Gasteiger charge is -2.65. The molecule has 3 N–H and O–H groups in total. The smallest absolute Gasteiger partial charge is 0.241 e. The zero-order valence-electron chi connectivity index (χ0n) is 14.8. The van der Waals surface area contributed by atoms with Gasteiger partial charge < -0.3 is 15.8 Å². The summed E-state index contributed by atoms with van der Waals surface area (Å²) in [5.41, 5.74) is 5.62. The molecule has 5 heteroatoms. The Labute approximate surface area is 146 Å². The molecule has 1 amide bonds. The molecule has 0 spiro atoms. The number of ether oxygens (including phenoxy) is 1. The molecular weight excluding hydrogens is 312 g/mol. The summed E-state index contributed by atoms with van der Waals surface area (Å²) in [6.07, 6.45) is 8.06. The number of hydrogen-bond acceptors (Lipinski definition) is 3. The normalized spacial score (nSPS) is 42.4. The van der Waals surface area contributed by atoms with Crippen LogP contribution in [-0.4, -0.2) is 30.2 Å². The topological polar surface area (TPSA) is 64.4 Å². The van der Waals surface area contributed by atoms with Gasteiger partial charge in [0.25, 0.3) is 0 Å². The fraction of sp³-hybridized carbons (Fsp3) is 0.944. The third-order valence-corrected chi connectivity index (χ3v) is 6.65. The number of hydrogen-bond donors (Lipinski definition) is 2. The van der Waals surface area contributed by atoms with Gasteiger partial charge in [-0.15, -0.1) is 12.4 Å². The van der Waals surface area contributed by atoms with Crippen LogP contribution in [0.5, 0.6) is 0 Å². The first-order valence-electron chi connectivity index (χ1n) is 9.09. The standard InChI is InChI=1S/C18H32N2O2.ClH/c1-12-6-4-7-13(10-9-12)20-16(21)18(19)14-8-5-11-22-15(14)17(18,2)3;/h12-15H,4-11,19H2,1-3H3,(H,20,21);1H. The third kappa shape index (κ3) is 3.03. The Morgan fingerprint density at radius 3 is 2.61 bits per heavy atom. The molecule has 3 fully saturated rings. The number of rotatable bonds is 2. The lowest BCUT2D eigenvalue weighted by atomic mass is 9.46. The second-order valence-electron chi connectivity index (χ2n) is 8.41. The summed E-state index contributed by atoms with van der Waals surface area (Å²) in [6.45, 7) is 7.30. The van der Waals surface area contributed by atoms with E-state index in [4.69, 9.17) is 10.5 Å². The summed E-state index contributed by atoms with van der Waals surface area (Å²) in [7, 11) is 0. The Kier molecular flexibility index (Phi) is 5.70. The minimum Gasteiger partial charge on any atom is -0.377 e. The molecule has 134 valence electrons. The number of nitrogens with one attached hydrogen (secondary N) is 1. The van der Waals surface area contributed by atoms with Crippen molar-refractivity contribution in [1.82, 2.24) is 5.32 Å². The average Bonchev–Trinajstić information content (AvgIpc) is 2.71. The van der Waals surface area contributed by atoms with Crippen LogP contribution in [0.3, 0.4) is 0 Å². The first kappa shape index (κ1) is 19.0. The summed E-state index contributed by atoms with van der Waals surface area (Å²) < 4.78 is 5.90. The molecule has 2 aliphatic carbocycles. The van der Waals surface area contributed by atoms with Crippen LogP contribution in [0.15, 0.2) is 0 Å². The maximum atomic E-state index is 13.0. The maximum Gasteiger partial charge on any atom is 0.241 e. The summed E-state index contributed by atoms with van der Waals surface area (Å²) in [5.74, 6) is 1.02. The van der Waals surface area contributed by atoms with Crippen molar-refractivity contribution in [3.63, 3.8) is 0 Å². The van der Waals surface area contributed by atoms with Gasteiger partial charge in [0, 0.05) is 24.0 Å². The van der Waals surface area contributed by atoms with Crippen molar-refractivity contribution in [2.75, 3.05) is 6.61 Å². The molecule has 0 bridgehead atoms. The van der Waals surface area contributed by atoms with Gasteiger partial charge in [-0.1, -0.05) is 33.6 Å². The largest absolute Gasteiger partial charge is 0.377 e. The zero-order valence-corrected chi connectivity index (χ0v) is 15.6. The SMILES string of the molecule is CC1CCCC(NC(=O)C2(N)C3CCCOC3C2(C)C)CC1.Cl. The average molecular weight is 345 g/mol. The first-order valence-corrected chi connectivity index (χ1v) is 9.09. The van der Waals surface area contributed by atoms with E-state index in [0.29, 0.717) is 6.04 Å². The van der Waals surface area contributed by atoms with Gasteiger partial charge in [-0.25, -0.2) is 0 Å². The van der Waals surface area contributed by atoms with Crippen LogP contribution in [0.1, 0.15) is 65.7 Å². The summed E-state index contributed by atoms with van der Waals surface area (Å²) >= 11 is 0. The van der Waals surface area contributed by atoms with Crippen LogP contribution in [0.2, 0.25) is 0 Å². The van der Waals surface area contributed by atoms with Crippen LogP contribution >= 0.6 is 12.4 Å². The molecule has 1 aliphatic heterocycles. The highest BCUT2D eigenvalue weighted by Gasteiger charge is 2.70.